The van der Waals surface area contributed by atoms with Crippen LogP contribution in [0.1, 0.15) is 0 Å². The van der Waals surface area contributed by atoms with Gasteiger partial charge in [-0.3, -0.25) is 0 Å². The minimum atomic E-state index is 0.240. The Morgan fingerprint density at radius 3 is 2.52 bits per heavy atom. The Hall–Kier alpha value is -2.70. The van der Waals surface area contributed by atoms with E-state index in [9.17, 15) is 0 Å². The molecule has 4 rings (SSSR count). The minimum absolute atomic E-state index is 0.240. The average Bonchev–Trinajstić information content (AvgIpc) is 3.06. The molecule has 2 heterocycles. The zero-order valence-corrected chi connectivity index (χ0v) is 14.3. The van der Waals surface area contributed by atoms with Crippen LogP contribution in [0.25, 0.3) is 0 Å². The van der Waals surface area contributed by atoms with Gasteiger partial charge in [-0.15, -0.1) is 0 Å². The van der Waals surface area contributed by atoms with Crippen molar-refractivity contribution in [1.82, 2.24) is 9.97 Å². The molecule has 0 saturated carbocycles. The monoisotopic (exact) mass is 374 g/mol. The number of anilines is 4. The second kappa shape index (κ2) is 6.66. The zero-order valence-electron chi connectivity index (χ0n) is 12.8. The van der Waals surface area contributed by atoms with Crippen molar-refractivity contribution in [3.05, 3.63) is 58.7 Å². The van der Waals surface area contributed by atoms with Crippen molar-refractivity contribution in [2.45, 2.75) is 0 Å². The molecule has 1 aromatic heterocycles. The first-order chi connectivity index (χ1) is 12.2. The number of fused-ring (bicyclic) bond motifs is 1. The molecule has 0 amide bonds. The molecule has 8 heteroatoms. The highest BCUT2D eigenvalue weighted by Gasteiger charge is 2.13. The van der Waals surface area contributed by atoms with Gasteiger partial charge in [0.25, 0.3) is 0 Å². The lowest BCUT2D eigenvalue weighted by Crippen LogP contribution is -2.00. The Balaban J connectivity index is 1.52. The van der Waals surface area contributed by atoms with Gasteiger partial charge in [-0.1, -0.05) is 23.2 Å². The number of nitrogens with zero attached hydrogens (tertiary/aromatic N) is 2. The molecule has 0 aliphatic carbocycles. The normalized spacial score (nSPS) is 12.1. The van der Waals surface area contributed by atoms with E-state index in [1.54, 1.807) is 30.5 Å². The zero-order chi connectivity index (χ0) is 17.2. The Kier molecular flexibility index (Phi) is 4.21. The van der Waals surface area contributed by atoms with Crippen LogP contribution in [0.2, 0.25) is 10.0 Å². The summed E-state index contributed by atoms with van der Waals surface area (Å²) >= 11 is 11.9. The lowest BCUT2D eigenvalue weighted by molar-refractivity contribution is 0.174. The van der Waals surface area contributed by atoms with Gasteiger partial charge < -0.3 is 20.1 Å². The first-order valence-electron chi connectivity index (χ1n) is 7.39. The molecule has 2 aromatic carbocycles. The molecule has 1 aliphatic heterocycles. The Morgan fingerprint density at radius 2 is 1.64 bits per heavy atom. The number of halogens is 2. The Bertz CT molecular complexity index is 936. The molecule has 0 saturated heterocycles. The van der Waals surface area contributed by atoms with Crippen LogP contribution in [0, 0.1) is 0 Å². The fraction of sp³-hybridized carbons (Fsp3) is 0.0588. The van der Waals surface area contributed by atoms with Crippen molar-refractivity contribution in [2.75, 3.05) is 17.4 Å². The van der Waals surface area contributed by atoms with Crippen LogP contribution in [0.15, 0.2) is 48.7 Å². The number of rotatable bonds is 4. The maximum atomic E-state index is 6.02. The molecular weight excluding hydrogens is 363 g/mol. The van der Waals surface area contributed by atoms with Gasteiger partial charge >= 0.3 is 0 Å². The van der Waals surface area contributed by atoms with Crippen molar-refractivity contribution in [1.29, 1.82) is 0 Å². The van der Waals surface area contributed by atoms with Crippen LogP contribution in [0.5, 0.6) is 11.5 Å². The first-order valence-corrected chi connectivity index (χ1v) is 8.15. The largest absolute Gasteiger partial charge is 0.454 e. The van der Waals surface area contributed by atoms with Gasteiger partial charge in [-0.25, -0.2) is 4.98 Å². The second-order valence-electron chi connectivity index (χ2n) is 5.21. The predicted octanol–water partition coefficient (Wildman–Crippen LogP) is 5.00. The summed E-state index contributed by atoms with van der Waals surface area (Å²) in [4.78, 5) is 8.63. The van der Waals surface area contributed by atoms with E-state index in [4.69, 9.17) is 32.7 Å². The summed E-state index contributed by atoms with van der Waals surface area (Å²) in [7, 11) is 0. The van der Waals surface area contributed by atoms with Crippen LogP contribution in [-0.4, -0.2) is 16.8 Å². The summed E-state index contributed by atoms with van der Waals surface area (Å²) < 4.78 is 10.7. The van der Waals surface area contributed by atoms with E-state index in [0.29, 0.717) is 27.6 Å². The maximum Gasteiger partial charge on any atom is 0.231 e. The third kappa shape index (κ3) is 3.55. The summed E-state index contributed by atoms with van der Waals surface area (Å²) in [6.45, 7) is 0.240. The van der Waals surface area contributed by atoms with Gasteiger partial charge in [-0.05, 0) is 36.4 Å². The van der Waals surface area contributed by atoms with E-state index in [2.05, 4.69) is 20.6 Å². The fourth-order valence-corrected chi connectivity index (χ4v) is 2.61. The van der Waals surface area contributed by atoms with E-state index in [1.165, 1.54) is 0 Å². The highest BCUT2D eigenvalue weighted by molar-refractivity contribution is 6.42. The molecule has 1 aliphatic rings. The molecule has 6 nitrogen and oxygen atoms in total. The topological polar surface area (TPSA) is 68.3 Å². The smallest absolute Gasteiger partial charge is 0.231 e. The van der Waals surface area contributed by atoms with Gasteiger partial charge in [0.1, 0.15) is 5.82 Å². The van der Waals surface area contributed by atoms with Gasteiger partial charge in [0.2, 0.25) is 12.7 Å². The van der Waals surface area contributed by atoms with Crippen LogP contribution in [-0.2, 0) is 0 Å². The van der Waals surface area contributed by atoms with Crippen molar-refractivity contribution < 1.29 is 9.47 Å². The highest BCUT2D eigenvalue weighted by Crippen LogP contribution is 2.35. The molecule has 0 spiro atoms. The molecule has 0 fully saturated rings. The maximum absolute atomic E-state index is 6.02. The number of nitrogens with one attached hydrogen (secondary N) is 2. The fourth-order valence-electron chi connectivity index (χ4n) is 2.31. The van der Waals surface area contributed by atoms with E-state index in [0.717, 1.165) is 17.1 Å². The molecule has 0 bridgehead atoms. The van der Waals surface area contributed by atoms with Crippen LogP contribution < -0.4 is 20.1 Å². The van der Waals surface area contributed by atoms with Crippen LogP contribution in [0.3, 0.4) is 0 Å². The molecule has 0 unspecified atom stereocenters. The van der Waals surface area contributed by atoms with E-state index < -0.39 is 0 Å². The summed E-state index contributed by atoms with van der Waals surface area (Å²) in [5.41, 5.74) is 1.58. The molecule has 3 aromatic rings. The van der Waals surface area contributed by atoms with E-state index in [-0.39, 0.29) is 6.79 Å². The van der Waals surface area contributed by atoms with E-state index in [1.807, 2.05) is 18.2 Å². The summed E-state index contributed by atoms with van der Waals surface area (Å²) in [5, 5.41) is 7.25. The van der Waals surface area contributed by atoms with Crippen molar-refractivity contribution >= 4 is 46.3 Å². The van der Waals surface area contributed by atoms with Crippen molar-refractivity contribution in [2.24, 2.45) is 0 Å². The van der Waals surface area contributed by atoms with E-state index >= 15 is 0 Å². The molecule has 126 valence electrons. The number of ether oxygens (including phenoxy) is 2. The first kappa shape index (κ1) is 15.8. The summed E-state index contributed by atoms with van der Waals surface area (Å²) in [5.74, 6) is 2.50. The average molecular weight is 375 g/mol. The van der Waals surface area contributed by atoms with Crippen LogP contribution >= 0.6 is 23.2 Å². The summed E-state index contributed by atoms with van der Waals surface area (Å²) in [6, 6.07) is 12.6. The quantitative estimate of drug-likeness (QED) is 0.669. The lowest BCUT2D eigenvalue weighted by Gasteiger charge is -2.09. The highest BCUT2D eigenvalue weighted by atomic mass is 35.5. The lowest BCUT2D eigenvalue weighted by atomic mass is 10.3. The second-order valence-corrected chi connectivity index (χ2v) is 6.03. The summed E-state index contributed by atoms with van der Waals surface area (Å²) in [6.07, 6.45) is 1.65. The van der Waals surface area contributed by atoms with Gasteiger partial charge in [0, 0.05) is 23.6 Å². The van der Waals surface area contributed by atoms with Gasteiger partial charge in [0.15, 0.2) is 11.5 Å². The third-order valence-corrected chi connectivity index (χ3v) is 4.22. The molecule has 0 atom stereocenters. The Labute approximate surface area is 153 Å². The Morgan fingerprint density at radius 1 is 0.840 bits per heavy atom. The standard InChI is InChI=1S/C17H12Cl2N4O2/c18-12-3-1-10(7-13(12)19)22-17-20-6-5-16(23-17)21-11-2-4-14-15(8-11)25-9-24-14/h1-8H,9H2,(H2,20,21,22,23). The van der Waals surface area contributed by atoms with Gasteiger partial charge in [-0.2, -0.15) is 4.98 Å². The number of hydrogen-bond donors (Lipinski definition) is 2. The molecule has 0 radical (unpaired) electrons. The number of benzene rings is 2. The number of aromatic nitrogens is 2. The molecule has 25 heavy (non-hydrogen) atoms. The van der Waals surface area contributed by atoms with Crippen molar-refractivity contribution in [3.63, 3.8) is 0 Å². The number of hydrogen-bond acceptors (Lipinski definition) is 6. The predicted molar refractivity (Wildman–Crippen MR) is 97.6 cm³/mol. The molecular formula is C17H12Cl2N4O2. The SMILES string of the molecule is Clc1ccc(Nc2nccc(Nc3ccc4c(c3)OCO4)n2)cc1Cl. The van der Waals surface area contributed by atoms with Crippen LogP contribution in [0.4, 0.5) is 23.1 Å². The molecule has 2 N–H and O–H groups in total. The third-order valence-electron chi connectivity index (χ3n) is 3.48. The minimum Gasteiger partial charge on any atom is -0.454 e. The van der Waals surface area contributed by atoms with Gasteiger partial charge in [0.05, 0.1) is 10.0 Å². The van der Waals surface area contributed by atoms with Crippen molar-refractivity contribution in [3.8, 4) is 11.5 Å².